The van der Waals surface area contributed by atoms with E-state index < -0.39 is 6.04 Å². The van der Waals surface area contributed by atoms with E-state index in [-0.39, 0.29) is 40.5 Å². The third kappa shape index (κ3) is 4.53. The first-order chi connectivity index (χ1) is 16.9. The summed E-state index contributed by atoms with van der Waals surface area (Å²) in [6.45, 7) is 0.192. The molecule has 1 aliphatic rings. The number of benzene rings is 2. The quantitative estimate of drug-likeness (QED) is 0.294. The largest absolute Gasteiger partial charge is 0.493 e. The van der Waals surface area contributed by atoms with Gasteiger partial charge in [-0.25, -0.2) is 9.98 Å². The van der Waals surface area contributed by atoms with Crippen molar-refractivity contribution in [3.63, 3.8) is 0 Å². The van der Waals surface area contributed by atoms with Crippen molar-refractivity contribution in [1.82, 2.24) is 10.3 Å². The Kier molecular flexibility index (Phi) is 6.69. The van der Waals surface area contributed by atoms with Crippen LogP contribution < -0.4 is 31.6 Å². The number of methoxy groups -OCH3 is 1. The minimum absolute atomic E-state index is 0.0187. The second kappa shape index (κ2) is 9.85. The maximum absolute atomic E-state index is 9.51. The molecule has 35 heavy (non-hydrogen) atoms. The number of pyridine rings is 1. The van der Waals surface area contributed by atoms with E-state index in [4.69, 9.17) is 49.4 Å². The number of aromatic nitrogens is 1. The van der Waals surface area contributed by atoms with Crippen LogP contribution in [0.5, 0.6) is 11.5 Å². The zero-order chi connectivity index (χ0) is 25.1. The number of guanidine groups is 1. The maximum Gasteiger partial charge on any atom is 0.211 e. The predicted molar refractivity (Wildman–Crippen MR) is 133 cm³/mol. The van der Waals surface area contributed by atoms with Crippen molar-refractivity contribution in [3.8, 4) is 23.8 Å². The highest BCUT2D eigenvalue weighted by Gasteiger charge is 2.31. The molecule has 176 valence electrons. The summed E-state index contributed by atoms with van der Waals surface area (Å²) >= 11 is 12.9. The number of hydrogen-bond acceptors (Lipinski definition) is 10. The molecule has 0 spiro atoms. The number of nitrogens with two attached hydrogens (primary N) is 2. The van der Waals surface area contributed by atoms with Gasteiger partial charge in [-0.3, -0.25) is 5.32 Å². The first kappa shape index (κ1) is 23.8. The average molecular weight is 509 g/mol. The van der Waals surface area contributed by atoms with Crippen LogP contribution in [0.25, 0.3) is 0 Å². The second-order valence-corrected chi connectivity index (χ2v) is 8.12. The molecule has 1 atom stereocenters. The van der Waals surface area contributed by atoms with Gasteiger partial charge in [-0.2, -0.15) is 10.5 Å². The predicted octanol–water partition coefficient (Wildman–Crippen LogP) is 3.95. The van der Waals surface area contributed by atoms with E-state index in [0.29, 0.717) is 27.6 Å². The third-order valence-corrected chi connectivity index (χ3v) is 5.97. The number of nitrogens with zero attached hydrogens (tertiary/aromatic N) is 4. The van der Waals surface area contributed by atoms with Gasteiger partial charge in [0, 0.05) is 27.8 Å². The van der Waals surface area contributed by atoms with Gasteiger partial charge >= 0.3 is 0 Å². The molecule has 2 aromatic carbocycles. The minimum atomic E-state index is -0.832. The molecule has 0 saturated carbocycles. The van der Waals surface area contributed by atoms with E-state index >= 15 is 0 Å². The van der Waals surface area contributed by atoms with Gasteiger partial charge in [0.25, 0.3) is 0 Å². The van der Waals surface area contributed by atoms with E-state index in [1.165, 1.54) is 7.11 Å². The number of nitrogen functional groups attached to an aromatic ring is 2. The van der Waals surface area contributed by atoms with Crippen molar-refractivity contribution in [3.05, 3.63) is 68.7 Å². The lowest BCUT2D eigenvalue weighted by Crippen LogP contribution is -2.32. The molecule has 0 aliphatic carbocycles. The summed E-state index contributed by atoms with van der Waals surface area (Å²) in [7, 11) is 1.49. The molecule has 0 radical (unpaired) electrons. The van der Waals surface area contributed by atoms with Gasteiger partial charge < -0.3 is 26.3 Å². The van der Waals surface area contributed by atoms with Crippen LogP contribution in [-0.2, 0) is 6.61 Å². The molecule has 4 rings (SSSR count). The van der Waals surface area contributed by atoms with Crippen molar-refractivity contribution < 1.29 is 9.47 Å². The lowest BCUT2D eigenvalue weighted by atomic mass is 9.94. The SMILES string of the molecule is COc1cc(C2N=C(NC#N)Nc3nc(N)c(C#N)c(N)c32)c(Cl)cc1OCc1ccccc1Cl. The zero-order valence-corrected chi connectivity index (χ0v) is 19.8. The summed E-state index contributed by atoms with van der Waals surface area (Å²) in [6, 6.07) is 11.7. The Hall–Kier alpha value is -4.38. The minimum Gasteiger partial charge on any atom is -0.493 e. The van der Waals surface area contributed by atoms with Crippen molar-refractivity contribution in [2.24, 2.45) is 4.99 Å². The topological polar surface area (TPSA) is 167 Å². The number of aliphatic imine (C=N–C) groups is 1. The number of ether oxygens (including phenoxy) is 2. The number of fused-ring (bicyclic) bond motifs is 1. The normalized spacial score (nSPS) is 14.0. The number of anilines is 3. The highest BCUT2D eigenvalue weighted by atomic mass is 35.5. The monoisotopic (exact) mass is 508 g/mol. The number of nitriles is 2. The molecule has 1 aromatic heterocycles. The first-order valence-corrected chi connectivity index (χ1v) is 10.9. The van der Waals surface area contributed by atoms with Gasteiger partial charge in [-0.15, -0.1) is 0 Å². The van der Waals surface area contributed by atoms with Gasteiger partial charge in [-0.1, -0.05) is 41.4 Å². The Bertz CT molecular complexity index is 1430. The molecular formula is C23H18Cl2N8O2. The zero-order valence-electron chi connectivity index (χ0n) is 18.3. The molecular weight excluding hydrogens is 491 g/mol. The molecule has 1 aliphatic heterocycles. The smallest absolute Gasteiger partial charge is 0.211 e. The molecule has 6 N–H and O–H groups in total. The molecule has 2 heterocycles. The number of hydrogen-bond donors (Lipinski definition) is 4. The lowest BCUT2D eigenvalue weighted by molar-refractivity contribution is 0.284. The van der Waals surface area contributed by atoms with Gasteiger partial charge in [0.2, 0.25) is 5.96 Å². The van der Waals surface area contributed by atoms with Crippen LogP contribution in [0.1, 0.15) is 28.3 Å². The number of halogens is 2. The van der Waals surface area contributed by atoms with Gasteiger partial charge in [0.05, 0.1) is 17.8 Å². The Balaban J connectivity index is 1.80. The average Bonchev–Trinajstić information content (AvgIpc) is 2.83. The van der Waals surface area contributed by atoms with Crippen LogP contribution >= 0.6 is 23.2 Å². The summed E-state index contributed by atoms with van der Waals surface area (Å²) in [5.41, 5.74) is 14.0. The Morgan fingerprint density at radius 3 is 2.60 bits per heavy atom. The molecule has 0 fully saturated rings. The summed E-state index contributed by atoms with van der Waals surface area (Å²) in [6.07, 6.45) is 1.80. The van der Waals surface area contributed by atoms with Crippen LogP contribution in [0.2, 0.25) is 10.0 Å². The van der Waals surface area contributed by atoms with Gasteiger partial charge in [-0.05, 0) is 12.1 Å². The van der Waals surface area contributed by atoms with E-state index in [0.717, 1.165) is 5.56 Å². The fourth-order valence-electron chi connectivity index (χ4n) is 3.61. The standard InChI is InChI=1S/C23H18Cl2N8O2/c1-34-16-6-12(15(25)7-17(16)35-9-11-4-2-3-5-14(11)24)20-18-19(28)13(8-26)21(29)32-22(18)33-23(31-20)30-10-27/h2-7,20H,9H2,1H3,(H6,28,29,30,31,32,33). The Morgan fingerprint density at radius 1 is 1.14 bits per heavy atom. The van der Waals surface area contributed by atoms with Crippen molar-refractivity contribution >= 4 is 46.5 Å². The van der Waals surface area contributed by atoms with Crippen LogP contribution in [-0.4, -0.2) is 18.1 Å². The molecule has 0 bridgehead atoms. The molecule has 0 amide bonds. The lowest BCUT2D eigenvalue weighted by Gasteiger charge is -2.27. The first-order valence-electron chi connectivity index (χ1n) is 10.1. The second-order valence-electron chi connectivity index (χ2n) is 7.31. The highest BCUT2D eigenvalue weighted by Crippen LogP contribution is 2.45. The summed E-state index contributed by atoms with van der Waals surface area (Å²) in [5.74, 6) is 1.06. The fourth-order valence-corrected chi connectivity index (χ4v) is 4.06. The van der Waals surface area contributed by atoms with Crippen LogP contribution in [0.4, 0.5) is 17.3 Å². The van der Waals surface area contributed by atoms with Crippen molar-refractivity contribution in [2.75, 3.05) is 23.9 Å². The van der Waals surface area contributed by atoms with Gasteiger partial charge in [0.15, 0.2) is 17.7 Å². The molecule has 0 saturated heterocycles. The molecule has 10 nitrogen and oxygen atoms in total. The number of nitrogens with one attached hydrogen (secondary N) is 2. The third-order valence-electron chi connectivity index (χ3n) is 5.28. The Morgan fingerprint density at radius 2 is 1.91 bits per heavy atom. The highest BCUT2D eigenvalue weighted by molar-refractivity contribution is 6.32. The van der Waals surface area contributed by atoms with E-state index in [1.54, 1.807) is 24.4 Å². The Labute approximate surface area is 210 Å². The van der Waals surface area contributed by atoms with Crippen LogP contribution in [0.15, 0.2) is 41.4 Å². The fraction of sp³-hybridized carbons (Fsp3) is 0.130. The van der Waals surface area contributed by atoms with E-state index in [9.17, 15) is 5.26 Å². The van der Waals surface area contributed by atoms with E-state index in [1.807, 2.05) is 24.3 Å². The summed E-state index contributed by atoms with van der Waals surface area (Å²) < 4.78 is 11.5. The maximum atomic E-state index is 9.51. The number of rotatable bonds is 5. The van der Waals surface area contributed by atoms with Crippen LogP contribution in [0.3, 0.4) is 0 Å². The summed E-state index contributed by atoms with van der Waals surface area (Å²) in [5, 5.41) is 24.8. The molecule has 12 heteroatoms. The van der Waals surface area contributed by atoms with Gasteiger partial charge in [0.1, 0.15) is 35.9 Å². The van der Waals surface area contributed by atoms with Crippen molar-refractivity contribution in [1.29, 1.82) is 10.5 Å². The van der Waals surface area contributed by atoms with Crippen LogP contribution in [0, 0.1) is 22.8 Å². The molecule has 3 aromatic rings. The summed E-state index contributed by atoms with van der Waals surface area (Å²) in [4.78, 5) is 8.76. The van der Waals surface area contributed by atoms with E-state index in [2.05, 4.69) is 20.6 Å². The van der Waals surface area contributed by atoms with Crippen molar-refractivity contribution in [2.45, 2.75) is 12.6 Å². The molecule has 1 unspecified atom stereocenters.